The van der Waals surface area contributed by atoms with Crippen molar-refractivity contribution in [3.05, 3.63) is 47.2 Å². The van der Waals surface area contributed by atoms with Gasteiger partial charge in [0.25, 0.3) is 21.8 Å². The Balaban J connectivity index is 0.00000280. The summed E-state index contributed by atoms with van der Waals surface area (Å²) in [5, 5.41) is -0.345. The number of furan rings is 1. The van der Waals surface area contributed by atoms with Crippen molar-refractivity contribution in [1.82, 2.24) is 9.21 Å². The van der Waals surface area contributed by atoms with Gasteiger partial charge in [0.15, 0.2) is 5.76 Å². The maximum Gasteiger partial charge on any atom is 0.284 e. The number of hydrogen-bond donors (Lipinski definition) is 2. The smallest absolute Gasteiger partial charge is 0.284 e. The van der Waals surface area contributed by atoms with Gasteiger partial charge in [0.1, 0.15) is 0 Å². The van der Waals surface area contributed by atoms with Crippen LogP contribution in [0.4, 0.5) is 5.69 Å². The number of piperazine rings is 1. The normalized spacial score (nSPS) is 15.1. The summed E-state index contributed by atoms with van der Waals surface area (Å²) in [4.78, 5) is 25.4. The van der Waals surface area contributed by atoms with E-state index in [0.717, 1.165) is 5.56 Å². The molecule has 4 N–H and O–H groups in total. The quantitative estimate of drug-likeness (QED) is 0.691. The molecule has 3 rings (SSSR count). The van der Waals surface area contributed by atoms with Crippen molar-refractivity contribution < 1.29 is 22.4 Å². The van der Waals surface area contributed by atoms with Gasteiger partial charge in [-0.1, -0.05) is 6.07 Å². The third-order valence-corrected chi connectivity index (χ3v) is 6.21. The molecule has 152 valence electrons. The third kappa shape index (κ3) is 4.13. The van der Waals surface area contributed by atoms with Crippen molar-refractivity contribution in [2.24, 2.45) is 5.73 Å². The van der Waals surface area contributed by atoms with Crippen molar-refractivity contribution >= 4 is 39.9 Å². The first-order valence-electron chi connectivity index (χ1n) is 8.25. The largest absolute Gasteiger partial charge is 0.438 e. The summed E-state index contributed by atoms with van der Waals surface area (Å²) in [7, 11) is -3.90. The van der Waals surface area contributed by atoms with Crippen molar-refractivity contribution in [3.63, 3.8) is 0 Å². The molecule has 2 heterocycles. The summed E-state index contributed by atoms with van der Waals surface area (Å²) >= 11 is 0. The van der Waals surface area contributed by atoms with E-state index in [9.17, 15) is 18.0 Å². The van der Waals surface area contributed by atoms with Gasteiger partial charge in [-0.25, -0.2) is 8.42 Å². The molecule has 0 bridgehead atoms. The zero-order valence-corrected chi connectivity index (χ0v) is 16.8. The molecule has 0 unspecified atom stereocenters. The molecule has 1 aromatic heterocycles. The van der Waals surface area contributed by atoms with Crippen LogP contribution >= 0.6 is 12.4 Å². The monoisotopic (exact) mass is 428 g/mol. The molecule has 1 aliphatic heterocycles. The molecule has 9 nitrogen and oxygen atoms in total. The Hall–Kier alpha value is -2.56. The van der Waals surface area contributed by atoms with Gasteiger partial charge < -0.3 is 20.8 Å². The number of halogens is 1. The number of amides is 2. The number of anilines is 1. The van der Waals surface area contributed by atoms with Crippen LogP contribution in [0.5, 0.6) is 0 Å². The fourth-order valence-corrected chi connectivity index (χ4v) is 4.22. The van der Waals surface area contributed by atoms with E-state index in [4.69, 9.17) is 15.9 Å². The lowest BCUT2D eigenvalue weighted by Gasteiger charge is -2.33. The van der Waals surface area contributed by atoms with Crippen LogP contribution in [0.3, 0.4) is 0 Å². The number of rotatable bonds is 4. The SMILES string of the molecule is Cc1ccc(N)cc1C(=O)N1CCN(S(=O)(=O)c2ccc(C(N)=O)o2)CC1.Cl. The van der Waals surface area contributed by atoms with E-state index in [-0.39, 0.29) is 55.3 Å². The standard InChI is InChI=1S/C17H20N4O5S.ClH/c1-11-2-3-12(18)10-13(11)17(23)20-6-8-21(9-7-20)27(24,25)15-5-4-14(26-15)16(19)22;/h2-5,10H,6-9,18H2,1H3,(H2,19,22);1H. The van der Waals surface area contributed by atoms with Gasteiger partial charge in [-0.15, -0.1) is 12.4 Å². The zero-order chi connectivity index (χ0) is 19.8. The summed E-state index contributed by atoms with van der Waals surface area (Å²) in [6.07, 6.45) is 0. The average Bonchev–Trinajstić information content (AvgIpc) is 3.14. The van der Waals surface area contributed by atoms with Gasteiger partial charge >= 0.3 is 0 Å². The zero-order valence-electron chi connectivity index (χ0n) is 15.1. The lowest BCUT2D eigenvalue weighted by Crippen LogP contribution is -2.50. The van der Waals surface area contributed by atoms with Crippen LogP contribution in [0.2, 0.25) is 0 Å². The van der Waals surface area contributed by atoms with E-state index in [1.165, 1.54) is 16.4 Å². The topological polar surface area (TPSA) is 140 Å². The highest BCUT2D eigenvalue weighted by Gasteiger charge is 2.33. The van der Waals surface area contributed by atoms with Crippen LogP contribution in [0.1, 0.15) is 26.5 Å². The van der Waals surface area contributed by atoms with E-state index in [0.29, 0.717) is 11.3 Å². The number of nitrogens with two attached hydrogens (primary N) is 2. The van der Waals surface area contributed by atoms with E-state index in [1.807, 2.05) is 6.92 Å². The minimum atomic E-state index is -3.90. The van der Waals surface area contributed by atoms with Gasteiger partial charge in [0, 0.05) is 37.4 Å². The number of aryl methyl sites for hydroxylation is 1. The fourth-order valence-electron chi connectivity index (χ4n) is 2.89. The number of carbonyl (C=O) groups excluding carboxylic acids is 2. The Bertz CT molecular complexity index is 997. The Morgan fingerprint density at radius 3 is 2.29 bits per heavy atom. The van der Waals surface area contributed by atoms with Crippen LogP contribution in [-0.4, -0.2) is 55.6 Å². The molecule has 2 amide bonds. The fraction of sp³-hybridized carbons (Fsp3) is 0.294. The number of hydrogen-bond acceptors (Lipinski definition) is 6. The highest BCUT2D eigenvalue weighted by Crippen LogP contribution is 2.22. The van der Waals surface area contributed by atoms with Crippen LogP contribution in [0, 0.1) is 6.92 Å². The van der Waals surface area contributed by atoms with Crippen molar-refractivity contribution in [2.75, 3.05) is 31.9 Å². The first-order chi connectivity index (χ1) is 12.7. The molecule has 0 saturated carbocycles. The minimum absolute atomic E-state index is 0. The highest BCUT2D eigenvalue weighted by atomic mass is 35.5. The van der Waals surface area contributed by atoms with Crippen LogP contribution in [-0.2, 0) is 10.0 Å². The van der Waals surface area contributed by atoms with E-state index < -0.39 is 15.9 Å². The average molecular weight is 429 g/mol. The first-order valence-corrected chi connectivity index (χ1v) is 9.69. The molecule has 0 atom stereocenters. The molecule has 28 heavy (non-hydrogen) atoms. The summed E-state index contributed by atoms with van der Waals surface area (Å²) in [6.45, 7) is 2.51. The van der Waals surface area contributed by atoms with Gasteiger partial charge in [-0.05, 0) is 36.8 Å². The summed E-state index contributed by atoms with van der Waals surface area (Å²) in [5.41, 5.74) is 12.6. The molecule has 1 aromatic carbocycles. The Kier molecular flexibility index (Phi) is 6.37. The molecule has 1 aliphatic rings. The summed E-state index contributed by atoms with van der Waals surface area (Å²) < 4.78 is 31.5. The second kappa shape index (κ2) is 8.21. The third-order valence-electron chi connectivity index (χ3n) is 4.44. The van der Waals surface area contributed by atoms with Crippen LogP contribution < -0.4 is 11.5 Å². The number of benzene rings is 1. The number of nitrogens with zero attached hydrogens (tertiary/aromatic N) is 2. The van der Waals surface area contributed by atoms with Crippen molar-refractivity contribution in [1.29, 1.82) is 0 Å². The Morgan fingerprint density at radius 1 is 1.07 bits per heavy atom. The lowest BCUT2D eigenvalue weighted by molar-refractivity contribution is 0.0696. The second-order valence-corrected chi connectivity index (χ2v) is 8.12. The first kappa shape index (κ1) is 21.7. The molecular formula is C17H21ClN4O5S. The van der Waals surface area contributed by atoms with Crippen molar-refractivity contribution in [2.45, 2.75) is 12.0 Å². The molecule has 11 heteroatoms. The molecular weight excluding hydrogens is 408 g/mol. The maximum atomic E-state index is 12.7. The molecule has 0 radical (unpaired) electrons. The molecule has 1 saturated heterocycles. The predicted molar refractivity (Wildman–Crippen MR) is 105 cm³/mol. The van der Waals surface area contributed by atoms with Gasteiger partial charge in [0.2, 0.25) is 5.09 Å². The number of nitrogen functional groups attached to an aromatic ring is 1. The maximum absolute atomic E-state index is 12.7. The summed E-state index contributed by atoms with van der Waals surface area (Å²) in [6, 6.07) is 7.53. The minimum Gasteiger partial charge on any atom is -0.438 e. The molecule has 0 aliphatic carbocycles. The number of primary amides is 1. The highest BCUT2D eigenvalue weighted by molar-refractivity contribution is 7.89. The Morgan fingerprint density at radius 2 is 1.71 bits per heavy atom. The van der Waals surface area contributed by atoms with Crippen LogP contribution in [0.25, 0.3) is 0 Å². The molecule has 1 fully saturated rings. The second-order valence-electron chi connectivity index (χ2n) is 6.25. The van der Waals surface area contributed by atoms with E-state index in [2.05, 4.69) is 0 Å². The number of carbonyl (C=O) groups is 2. The van der Waals surface area contributed by atoms with E-state index in [1.54, 1.807) is 23.1 Å². The summed E-state index contributed by atoms with van der Waals surface area (Å²) in [5.74, 6) is -1.25. The number of sulfonamides is 1. The van der Waals surface area contributed by atoms with Gasteiger partial charge in [-0.3, -0.25) is 9.59 Å². The lowest BCUT2D eigenvalue weighted by atomic mass is 10.1. The Labute approximate surface area is 168 Å². The van der Waals surface area contributed by atoms with Crippen LogP contribution in [0.15, 0.2) is 39.8 Å². The van der Waals surface area contributed by atoms with Gasteiger partial charge in [0.05, 0.1) is 0 Å². The van der Waals surface area contributed by atoms with Crippen molar-refractivity contribution in [3.8, 4) is 0 Å². The van der Waals surface area contributed by atoms with Gasteiger partial charge in [-0.2, -0.15) is 4.31 Å². The van der Waals surface area contributed by atoms with E-state index >= 15 is 0 Å². The molecule has 0 spiro atoms. The predicted octanol–water partition coefficient (Wildman–Crippen LogP) is 0.838. The molecule has 2 aromatic rings.